The highest BCUT2D eigenvalue weighted by Crippen LogP contribution is 2.29. The van der Waals surface area contributed by atoms with Crippen molar-refractivity contribution in [3.8, 4) is 0 Å². The van der Waals surface area contributed by atoms with Gasteiger partial charge in [0, 0.05) is 44.1 Å². The van der Waals surface area contributed by atoms with Gasteiger partial charge in [0.2, 0.25) is 5.91 Å². The molecule has 0 N–H and O–H groups in total. The highest BCUT2D eigenvalue weighted by atomic mass is 16.2. The largest absolute Gasteiger partial charge is 0.340 e. The Morgan fingerprint density at radius 2 is 1.76 bits per heavy atom. The molecule has 5 heteroatoms. The summed E-state index contributed by atoms with van der Waals surface area (Å²) in [5.41, 5.74) is 1.36. The molecule has 160 valence electrons. The van der Waals surface area contributed by atoms with Crippen LogP contribution in [0.25, 0.3) is 0 Å². The zero-order valence-electron chi connectivity index (χ0n) is 18.1. The molecule has 3 fully saturated rings. The number of aromatic nitrogens is 1. The number of rotatable bonds is 6. The van der Waals surface area contributed by atoms with Gasteiger partial charge in [-0.05, 0) is 82.8 Å². The summed E-state index contributed by atoms with van der Waals surface area (Å²) in [6.07, 6.45) is 13.5. The maximum absolute atomic E-state index is 13.3. The molecule has 1 unspecified atom stereocenters. The lowest BCUT2D eigenvalue weighted by molar-refractivity contribution is -0.140. The second kappa shape index (κ2) is 10.0. The van der Waals surface area contributed by atoms with Crippen LogP contribution < -0.4 is 0 Å². The van der Waals surface area contributed by atoms with E-state index in [1.165, 1.54) is 57.1 Å². The Morgan fingerprint density at radius 1 is 1.03 bits per heavy atom. The van der Waals surface area contributed by atoms with E-state index in [1.54, 1.807) is 0 Å². The number of carbonyl (C=O) groups excluding carboxylic acids is 1. The second-order valence-electron chi connectivity index (χ2n) is 9.26. The first-order valence-corrected chi connectivity index (χ1v) is 11.9. The van der Waals surface area contributed by atoms with E-state index in [1.807, 2.05) is 12.4 Å². The highest BCUT2D eigenvalue weighted by Gasteiger charge is 2.35. The molecule has 1 aromatic heterocycles. The molecule has 4 rings (SSSR count). The lowest BCUT2D eigenvalue weighted by Crippen LogP contribution is -2.52. The third-order valence-electron chi connectivity index (χ3n) is 7.42. The monoisotopic (exact) mass is 398 g/mol. The van der Waals surface area contributed by atoms with Crippen LogP contribution in [-0.4, -0.2) is 70.4 Å². The number of pyridine rings is 1. The minimum Gasteiger partial charge on any atom is -0.340 e. The molecule has 2 saturated heterocycles. The standard InChI is InChI=1S/C24H38N4O/c1-2-28(23-7-3-4-8-23)24(29)21-6-5-15-27(19-21)22-11-16-26(17-12-22)18-20-9-13-25-14-10-20/h9-10,13-14,21-23H,2-8,11-12,15-19H2,1H3. The number of amides is 1. The Balaban J connectivity index is 1.28. The van der Waals surface area contributed by atoms with Crippen molar-refractivity contribution in [3.63, 3.8) is 0 Å². The van der Waals surface area contributed by atoms with Crippen molar-refractivity contribution in [2.75, 3.05) is 32.7 Å². The molecule has 3 heterocycles. The summed E-state index contributed by atoms with van der Waals surface area (Å²) < 4.78 is 0. The smallest absolute Gasteiger partial charge is 0.227 e. The topological polar surface area (TPSA) is 39.7 Å². The first kappa shape index (κ1) is 20.8. The van der Waals surface area contributed by atoms with Crippen LogP contribution in [0.15, 0.2) is 24.5 Å². The number of piperidine rings is 2. The molecule has 29 heavy (non-hydrogen) atoms. The van der Waals surface area contributed by atoms with E-state index >= 15 is 0 Å². The van der Waals surface area contributed by atoms with E-state index in [0.29, 0.717) is 18.0 Å². The molecule has 1 aliphatic carbocycles. The third kappa shape index (κ3) is 5.18. The van der Waals surface area contributed by atoms with Gasteiger partial charge in [0.05, 0.1) is 5.92 Å². The Morgan fingerprint density at radius 3 is 2.45 bits per heavy atom. The summed E-state index contributed by atoms with van der Waals surface area (Å²) in [5.74, 6) is 0.665. The SMILES string of the molecule is CCN(C(=O)C1CCCN(C2CCN(Cc3ccncc3)CC2)C1)C1CCCC1. The van der Waals surface area contributed by atoms with Crippen LogP contribution in [0.2, 0.25) is 0 Å². The molecule has 0 spiro atoms. The minimum absolute atomic E-state index is 0.221. The molecule has 0 aromatic carbocycles. The van der Waals surface area contributed by atoms with E-state index in [2.05, 4.69) is 38.7 Å². The number of hydrogen-bond donors (Lipinski definition) is 0. The average Bonchev–Trinajstić information content (AvgIpc) is 3.30. The number of hydrogen-bond acceptors (Lipinski definition) is 4. The van der Waals surface area contributed by atoms with Gasteiger partial charge in [-0.3, -0.25) is 19.6 Å². The van der Waals surface area contributed by atoms with E-state index in [9.17, 15) is 4.79 Å². The Labute approximate surface area is 176 Å². The van der Waals surface area contributed by atoms with Crippen molar-refractivity contribution in [1.29, 1.82) is 0 Å². The quantitative estimate of drug-likeness (QED) is 0.735. The van der Waals surface area contributed by atoms with Gasteiger partial charge in [0.25, 0.3) is 0 Å². The summed E-state index contributed by atoms with van der Waals surface area (Å²) in [6.45, 7) is 8.55. The van der Waals surface area contributed by atoms with Crippen molar-refractivity contribution in [1.82, 2.24) is 19.7 Å². The Hall–Kier alpha value is -1.46. The van der Waals surface area contributed by atoms with Crippen molar-refractivity contribution in [2.45, 2.75) is 76.9 Å². The Kier molecular flexibility index (Phi) is 7.20. The zero-order valence-corrected chi connectivity index (χ0v) is 18.1. The van der Waals surface area contributed by atoms with Gasteiger partial charge in [0.1, 0.15) is 0 Å². The molecular weight excluding hydrogens is 360 g/mol. The summed E-state index contributed by atoms with van der Waals surface area (Å²) >= 11 is 0. The molecule has 0 radical (unpaired) electrons. The molecule has 0 bridgehead atoms. The van der Waals surface area contributed by atoms with Crippen LogP contribution >= 0.6 is 0 Å². The van der Waals surface area contributed by atoms with E-state index in [4.69, 9.17) is 0 Å². The average molecular weight is 399 g/mol. The van der Waals surface area contributed by atoms with Crippen LogP contribution in [0.3, 0.4) is 0 Å². The fraction of sp³-hybridized carbons (Fsp3) is 0.750. The van der Waals surface area contributed by atoms with Crippen LogP contribution in [0, 0.1) is 5.92 Å². The molecular formula is C24H38N4O. The summed E-state index contributed by atoms with van der Waals surface area (Å²) in [7, 11) is 0. The predicted octanol–water partition coefficient (Wildman–Crippen LogP) is 3.55. The lowest BCUT2D eigenvalue weighted by Gasteiger charge is -2.43. The van der Waals surface area contributed by atoms with E-state index in [-0.39, 0.29) is 5.92 Å². The van der Waals surface area contributed by atoms with Crippen molar-refractivity contribution >= 4 is 5.91 Å². The van der Waals surface area contributed by atoms with Gasteiger partial charge in [-0.15, -0.1) is 0 Å². The van der Waals surface area contributed by atoms with Crippen molar-refractivity contribution in [3.05, 3.63) is 30.1 Å². The number of nitrogens with zero attached hydrogens (tertiary/aromatic N) is 4. The normalized spacial score (nSPS) is 25.3. The van der Waals surface area contributed by atoms with E-state index < -0.39 is 0 Å². The molecule has 5 nitrogen and oxygen atoms in total. The first-order chi connectivity index (χ1) is 14.2. The minimum atomic E-state index is 0.221. The molecule has 1 aromatic rings. The maximum atomic E-state index is 13.3. The fourth-order valence-electron chi connectivity index (χ4n) is 5.77. The molecule has 2 aliphatic heterocycles. The van der Waals surface area contributed by atoms with Gasteiger partial charge in [-0.2, -0.15) is 0 Å². The first-order valence-electron chi connectivity index (χ1n) is 11.9. The van der Waals surface area contributed by atoms with Gasteiger partial charge in [-0.1, -0.05) is 12.8 Å². The van der Waals surface area contributed by atoms with Crippen molar-refractivity contribution in [2.24, 2.45) is 5.92 Å². The van der Waals surface area contributed by atoms with Gasteiger partial charge >= 0.3 is 0 Å². The van der Waals surface area contributed by atoms with Crippen LogP contribution in [0.5, 0.6) is 0 Å². The number of carbonyl (C=O) groups is 1. The maximum Gasteiger partial charge on any atom is 0.227 e. The molecule has 3 aliphatic rings. The third-order valence-corrected chi connectivity index (χ3v) is 7.42. The molecule has 1 saturated carbocycles. The molecule has 1 amide bonds. The second-order valence-corrected chi connectivity index (χ2v) is 9.26. The van der Waals surface area contributed by atoms with Crippen LogP contribution in [-0.2, 0) is 11.3 Å². The number of likely N-dealkylation sites (tertiary alicyclic amines) is 2. The summed E-state index contributed by atoms with van der Waals surface area (Å²) in [6, 6.07) is 5.41. The summed E-state index contributed by atoms with van der Waals surface area (Å²) in [5, 5.41) is 0. The van der Waals surface area contributed by atoms with Gasteiger partial charge in [-0.25, -0.2) is 0 Å². The lowest BCUT2D eigenvalue weighted by atomic mass is 9.92. The zero-order chi connectivity index (χ0) is 20.1. The highest BCUT2D eigenvalue weighted by molar-refractivity contribution is 5.79. The molecule has 1 atom stereocenters. The predicted molar refractivity (Wildman–Crippen MR) is 116 cm³/mol. The van der Waals surface area contributed by atoms with Crippen molar-refractivity contribution < 1.29 is 4.79 Å². The van der Waals surface area contributed by atoms with E-state index in [0.717, 1.165) is 39.1 Å². The fourth-order valence-corrected chi connectivity index (χ4v) is 5.77. The van der Waals surface area contributed by atoms with Gasteiger partial charge in [0.15, 0.2) is 0 Å². The van der Waals surface area contributed by atoms with Crippen LogP contribution in [0.1, 0.15) is 63.9 Å². The van der Waals surface area contributed by atoms with Crippen LogP contribution in [0.4, 0.5) is 0 Å². The summed E-state index contributed by atoms with van der Waals surface area (Å²) in [4.78, 5) is 24.8. The van der Waals surface area contributed by atoms with Gasteiger partial charge < -0.3 is 4.90 Å². The Bertz CT molecular complexity index is 638.